The van der Waals surface area contributed by atoms with Crippen LogP contribution in [-0.4, -0.2) is 21.3 Å². The van der Waals surface area contributed by atoms with Crippen LogP contribution in [0.2, 0.25) is 0 Å². The van der Waals surface area contributed by atoms with Crippen molar-refractivity contribution in [1.82, 2.24) is 20.1 Å². The van der Waals surface area contributed by atoms with E-state index in [4.69, 9.17) is 0 Å². The molecule has 0 aliphatic heterocycles. The molecule has 0 aliphatic carbocycles. The van der Waals surface area contributed by atoms with E-state index in [9.17, 15) is 0 Å². The van der Waals surface area contributed by atoms with Crippen LogP contribution in [0.5, 0.6) is 0 Å². The summed E-state index contributed by atoms with van der Waals surface area (Å²) >= 11 is 3.65. The third-order valence-electron chi connectivity index (χ3n) is 3.40. The zero-order valence-electron chi connectivity index (χ0n) is 12.7. The molecule has 1 N–H and O–H groups in total. The summed E-state index contributed by atoms with van der Waals surface area (Å²) in [6.07, 6.45) is 8.76. The Hall–Kier alpha value is -1.20. The molecule has 114 valence electrons. The maximum absolute atomic E-state index is 4.49. The lowest BCUT2D eigenvalue weighted by atomic mass is 10.0. The Kier molecular flexibility index (Phi) is 6.39. The van der Waals surface area contributed by atoms with E-state index in [-0.39, 0.29) is 6.04 Å². The predicted molar refractivity (Wildman–Crippen MR) is 89.2 cm³/mol. The van der Waals surface area contributed by atoms with Crippen molar-refractivity contribution < 1.29 is 0 Å². The molecule has 0 fully saturated rings. The number of aromatic nitrogens is 3. The third kappa shape index (κ3) is 4.38. The Balaban J connectivity index is 2.25. The van der Waals surface area contributed by atoms with E-state index < -0.39 is 0 Å². The maximum Gasteiger partial charge on any atom is 0.0699 e. The minimum absolute atomic E-state index is 0.248. The van der Waals surface area contributed by atoms with Crippen LogP contribution in [0.1, 0.15) is 44.0 Å². The SMILES string of the molecule is CCCNC(Cc1cccnc1)c1c(Br)cnn1CCC. The minimum atomic E-state index is 0.248. The number of rotatable bonds is 8. The molecule has 0 aromatic carbocycles. The van der Waals surface area contributed by atoms with Gasteiger partial charge in [0.15, 0.2) is 0 Å². The highest BCUT2D eigenvalue weighted by atomic mass is 79.9. The number of hydrogen-bond donors (Lipinski definition) is 1. The van der Waals surface area contributed by atoms with Gasteiger partial charge in [-0.1, -0.05) is 19.9 Å². The molecular formula is C16H23BrN4. The van der Waals surface area contributed by atoms with Crippen LogP contribution >= 0.6 is 15.9 Å². The van der Waals surface area contributed by atoms with Crippen molar-refractivity contribution in [3.05, 3.63) is 46.5 Å². The summed E-state index contributed by atoms with van der Waals surface area (Å²) < 4.78 is 3.18. The van der Waals surface area contributed by atoms with Gasteiger partial charge in [0.2, 0.25) is 0 Å². The minimum Gasteiger partial charge on any atom is -0.308 e. The highest BCUT2D eigenvalue weighted by molar-refractivity contribution is 9.10. The van der Waals surface area contributed by atoms with E-state index in [0.717, 1.165) is 36.8 Å². The second kappa shape index (κ2) is 8.29. The molecule has 2 aromatic rings. The zero-order valence-corrected chi connectivity index (χ0v) is 14.3. The number of nitrogens with zero attached hydrogens (tertiary/aromatic N) is 3. The molecule has 0 saturated heterocycles. The van der Waals surface area contributed by atoms with Crippen molar-refractivity contribution in [3.63, 3.8) is 0 Å². The van der Waals surface area contributed by atoms with Gasteiger partial charge in [0.25, 0.3) is 0 Å². The van der Waals surface area contributed by atoms with E-state index in [0.29, 0.717) is 0 Å². The lowest BCUT2D eigenvalue weighted by Crippen LogP contribution is -2.27. The molecule has 0 saturated carbocycles. The molecule has 21 heavy (non-hydrogen) atoms. The molecule has 0 amide bonds. The van der Waals surface area contributed by atoms with E-state index >= 15 is 0 Å². The van der Waals surface area contributed by atoms with Crippen molar-refractivity contribution >= 4 is 15.9 Å². The molecule has 0 radical (unpaired) electrons. The first-order valence-corrected chi connectivity index (χ1v) is 8.39. The van der Waals surface area contributed by atoms with E-state index in [2.05, 4.69) is 55.9 Å². The molecule has 2 heterocycles. The fourth-order valence-corrected chi connectivity index (χ4v) is 3.02. The summed E-state index contributed by atoms with van der Waals surface area (Å²) in [4.78, 5) is 4.22. The Morgan fingerprint density at radius 1 is 1.29 bits per heavy atom. The van der Waals surface area contributed by atoms with Crippen molar-refractivity contribution in [1.29, 1.82) is 0 Å². The predicted octanol–water partition coefficient (Wildman–Crippen LogP) is 3.73. The number of halogens is 1. The van der Waals surface area contributed by atoms with Crippen LogP contribution in [0.15, 0.2) is 35.2 Å². The van der Waals surface area contributed by atoms with Gasteiger partial charge in [0, 0.05) is 18.9 Å². The Morgan fingerprint density at radius 3 is 2.81 bits per heavy atom. The first-order chi connectivity index (χ1) is 10.3. The topological polar surface area (TPSA) is 42.7 Å². The highest BCUT2D eigenvalue weighted by Gasteiger charge is 2.20. The number of hydrogen-bond acceptors (Lipinski definition) is 3. The van der Waals surface area contributed by atoms with Gasteiger partial charge in [-0.15, -0.1) is 0 Å². The summed E-state index contributed by atoms with van der Waals surface area (Å²) in [6.45, 7) is 6.30. The average molecular weight is 351 g/mol. The number of aryl methyl sites for hydroxylation is 1. The summed E-state index contributed by atoms with van der Waals surface area (Å²) in [5.74, 6) is 0. The second-order valence-electron chi connectivity index (χ2n) is 5.17. The summed E-state index contributed by atoms with van der Waals surface area (Å²) in [6, 6.07) is 4.37. The van der Waals surface area contributed by atoms with Crippen LogP contribution in [-0.2, 0) is 13.0 Å². The van der Waals surface area contributed by atoms with E-state index in [1.54, 1.807) is 0 Å². The molecule has 5 heteroatoms. The van der Waals surface area contributed by atoms with Crippen molar-refractivity contribution in [2.45, 2.75) is 45.7 Å². The Bertz CT molecular complexity index is 538. The van der Waals surface area contributed by atoms with Gasteiger partial charge in [0.1, 0.15) is 0 Å². The molecule has 0 spiro atoms. The van der Waals surface area contributed by atoms with E-state index in [1.807, 2.05) is 24.7 Å². The smallest absolute Gasteiger partial charge is 0.0699 e. The van der Waals surface area contributed by atoms with Gasteiger partial charge >= 0.3 is 0 Å². The van der Waals surface area contributed by atoms with Crippen molar-refractivity contribution in [2.75, 3.05) is 6.54 Å². The molecule has 4 nitrogen and oxygen atoms in total. The molecular weight excluding hydrogens is 328 g/mol. The quantitative estimate of drug-likeness (QED) is 0.788. The van der Waals surface area contributed by atoms with Crippen LogP contribution in [0.25, 0.3) is 0 Å². The lowest BCUT2D eigenvalue weighted by molar-refractivity contribution is 0.466. The van der Waals surface area contributed by atoms with Gasteiger partial charge in [-0.05, 0) is 53.4 Å². The van der Waals surface area contributed by atoms with Gasteiger partial charge in [-0.3, -0.25) is 9.67 Å². The first-order valence-electron chi connectivity index (χ1n) is 7.59. The van der Waals surface area contributed by atoms with Crippen LogP contribution in [0, 0.1) is 0 Å². The van der Waals surface area contributed by atoms with Crippen LogP contribution in [0.3, 0.4) is 0 Å². The normalized spacial score (nSPS) is 12.5. The molecule has 1 unspecified atom stereocenters. The summed E-state index contributed by atoms with van der Waals surface area (Å²) in [7, 11) is 0. The first kappa shape index (κ1) is 16.2. The van der Waals surface area contributed by atoms with E-state index in [1.165, 1.54) is 11.3 Å². The van der Waals surface area contributed by atoms with Crippen molar-refractivity contribution in [3.8, 4) is 0 Å². The fraction of sp³-hybridized carbons (Fsp3) is 0.500. The van der Waals surface area contributed by atoms with Gasteiger partial charge in [-0.25, -0.2) is 0 Å². The lowest BCUT2D eigenvalue weighted by Gasteiger charge is -2.21. The summed E-state index contributed by atoms with van der Waals surface area (Å²) in [5.41, 5.74) is 2.47. The Labute approximate surface area is 135 Å². The molecule has 0 bridgehead atoms. The van der Waals surface area contributed by atoms with Gasteiger partial charge in [0.05, 0.1) is 22.4 Å². The molecule has 2 aromatic heterocycles. The maximum atomic E-state index is 4.49. The van der Waals surface area contributed by atoms with Gasteiger partial charge < -0.3 is 5.32 Å². The third-order valence-corrected chi connectivity index (χ3v) is 4.01. The number of pyridine rings is 1. The largest absolute Gasteiger partial charge is 0.308 e. The second-order valence-corrected chi connectivity index (χ2v) is 6.03. The van der Waals surface area contributed by atoms with Crippen LogP contribution < -0.4 is 5.32 Å². The van der Waals surface area contributed by atoms with Crippen molar-refractivity contribution in [2.24, 2.45) is 0 Å². The zero-order chi connectivity index (χ0) is 15.1. The summed E-state index contributed by atoms with van der Waals surface area (Å²) in [5, 5.41) is 8.13. The standard InChI is InChI=1S/C16H23BrN4/c1-3-7-19-15(10-13-6-5-8-18-11-13)16-14(17)12-20-21(16)9-4-2/h5-6,8,11-12,15,19H,3-4,7,9-10H2,1-2H3. The number of nitrogens with one attached hydrogen (secondary N) is 1. The Morgan fingerprint density at radius 2 is 2.14 bits per heavy atom. The molecule has 0 aliphatic rings. The van der Waals surface area contributed by atoms with Gasteiger partial charge in [-0.2, -0.15) is 5.10 Å². The van der Waals surface area contributed by atoms with Crippen LogP contribution in [0.4, 0.5) is 0 Å². The average Bonchev–Trinajstić information content (AvgIpc) is 2.86. The molecule has 2 rings (SSSR count). The molecule has 1 atom stereocenters. The highest BCUT2D eigenvalue weighted by Crippen LogP contribution is 2.26. The fourth-order valence-electron chi connectivity index (χ4n) is 2.45. The monoisotopic (exact) mass is 350 g/mol.